The molecule has 1 aliphatic rings. The number of benzene rings is 1. The van der Waals surface area contributed by atoms with E-state index < -0.39 is 18.2 Å². The molecule has 1 aromatic rings. The van der Waals surface area contributed by atoms with Crippen LogP contribution in [0.3, 0.4) is 0 Å². The second-order valence-corrected chi connectivity index (χ2v) is 2.81. The zero-order chi connectivity index (χ0) is 10.1. The Hall–Kier alpha value is -2.04. The lowest BCUT2D eigenvalue weighted by atomic mass is 10.1. The first kappa shape index (κ1) is 8.55. The largest absolute Gasteiger partial charge is 0.477 e. The Morgan fingerprint density at radius 2 is 2.14 bits per heavy atom. The van der Waals surface area contributed by atoms with Crippen molar-refractivity contribution in [1.82, 2.24) is 0 Å². The number of carboxylic acid groups (broad SMARTS) is 1. The molecule has 72 valence electrons. The minimum atomic E-state index is -1.29. The van der Waals surface area contributed by atoms with Crippen molar-refractivity contribution in [1.29, 1.82) is 0 Å². The standard InChI is InChI=1S/C9H7NO4/c11-8(12)7-10-6-4-2-1-3-5(6)9(13)14-7/h1-4,7,10H,(H,11,12). The number of rotatable bonds is 1. The van der Waals surface area contributed by atoms with E-state index in [1.165, 1.54) is 0 Å². The van der Waals surface area contributed by atoms with E-state index in [-0.39, 0.29) is 0 Å². The summed E-state index contributed by atoms with van der Waals surface area (Å²) >= 11 is 0. The van der Waals surface area contributed by atoms with E-state index in [4.69, 9.17) is 5.11 Å². The summed E-state index contributed by atoms with van der Waals surface area (Å²) in [6.45, 7) is 0. The van der Waals surface area contributed by atoms with Gasteiger partial charge in [-0.1, -0.05) is 12.1 Å². The van der Waals surface area contributed by atoms with Gasteiger partial charge in [0.15, 0.2) is 0 Å². The first-order chi connectivity index (χ1) is 6.68. The number of para-hydroxylation sites is 1. The van der Waals surface area contributed by atoms with Crippen LogP contribution >= 0.6 is 0 Å². The molecular weight excluding hydrogens is 186 g/mol. The summed E-state index contributed by atoms with van der Waals surface area (Å²) in [4.78, 5) is 21.8. The SMILES string of the molecule is O=C1OC(C(=O)O)Nc2ccccc21. The topological polar surface area (TPSA) is 75.6 Å². The van der Waals surface area contributed by atoms with Crippen LogP contribution in [0, 0.1) is 0 Å². The van der Waals surface area contributed by atoms with E-state index in [9.17, 15) is 9.59 Å². The predicted octanol–water partition coefficient (Wildman–Crippen LogP) is 0.680. The highest BCUT2D eigenvalue weighted by atomic mass is 16.6. The summed E-state index contributed by atoms with van der Waals surface area (Å²) in [5.74, 6) is -1.83. The van der Waals surface area contributed by atoms with Gasteiger partial charge in [0.2, 0.25) is 0 Å². The highest BCUT2D eigenvalue weighted by molar-refractivity contribution is 5.99. The fourth-order valence-corrected chi connectivity index (χ4v) is 1.24. The number of carbonyl (C=O) groups is 2. The van der Waals surface area contributed by atoms with Crippen LogP contribution in [0.1, 0.15) is 10.4 Å². The molecule has 1 unspecified atom stereocenters. The molecule has 5 heteroatoms. The lowest BCUT2D eigenvalue weighted by Crippen LogP contribution is -2.38. The average Bonchev–Trinajstić information content (AvgIpc) is 2.17. The van der Waals surface area contributed by atoms with Gasteiger partial charge in [-0.05, 0) is 12.1 Å². The van der Waals surface area contributed by atoms with Crippen LogP contribution in [0.5, 0.6) is 0 Å². The van der Waals surface area contributed by atoms with E-state index in [0.29, 0.717) is 11.3 Å². The number of hydrogen-bond acceptors (Lipinski definition) is 4. The second kappa shape index (κ2) is 3.02. The minimum Gasteiger partial charge on any atom is -0.477 e. The maximum atomic E-state index is 11.3. The van der Waals surface area contributed by atoms with Gasteiger partial charge in [0.25, 0.3) is 6.23 Å². The molecule has 5 nitrogen and oxygen atoms in total. The van der Waals surface area contributed by atoms with Crippen molar-refractivity contribution in [2.75, 3.05) is 5.32 Å². The van der Waals surface area contributed by atoms with Gasteiger partial charge >= 0.3 is 11.9 Å². The number of nitrogens with one attached hydrogen (secondary N) is 1. The van der Waals surface area contributed by atoms with E-state index in [0.717, 1.165) is 0 Å². The van der Waals surface area contributed by atoms with Crippen molar-refractivity contribution in [3.63, 3.8) is 0 Å². The van der Waals surface area contributed by atoms with Crippen molar-refractivity contribution in [3.8, 4) is 0 Å². The third-order valence-corrected chi connectivity index (χ3v) is 1.88. The summed E-state index contributed by atoms with van der Waals surface area (Å²) in [6, 6.07) is 6.60. The van der Waals surface area contributed by atoms with Gasteiger partial charge in [0.1, 0.15) is 0 Å². The molecule has 14 heavy (non-hydrogen) atoms. The van der Waals surface area contributed by atoms with Gasteiger partial charge in [-0.15, -0.1) is 0 Å². The molecule has 0 amide bonds. The van der Waals surface area contributed by atoms with Gasteiger partial charge in [-0.25, -0.2) is 9.59 Å². The summed E-state index contributed by atoms with van der Waals surface area (Å²) in [5.41, 5.74) is 0.834. The predicted molar refractivity (Wildman–Crippen MR) is 46.9 cm³/mol. The van der Waals surface area contributed by atoms with Crippen molar-refractivity contribution >= 4 is 17.6 Å². The van der Waals surface area contributed by atoms with Gasteiger partial charge < -0.3 is 15.2 Å². The molecule has 0 bridgehead atoms. The first-order valence-corrected chi connectivity index (χ1v) is 3.98. The lowest BCUT2D eigenvalue weighted by molar-refractivity contribution is -0.145. The number of hydrogen-bond donors (Lipinski definition) is 2. The van der Waals surface area contributed by atoms with Crippen molar-refractivity contribution in [2.24, 2.45) is 0 Å². The van der Waals surface area contributed by atoms with Gasteiger partial charge in [-0.3, -0.25) is 0 Å². The molecule has 0 saturated heterocycles. The van der Waals surface area contributed by atoms with Crippen molar-refractivity contribution < 1.29 is 19.4 Å². The number of ether oxygens (including phenoxy) is 1. The van der Waals surface area contributed by atoms with Crippen LogP contribution in [0.2, 0.25) is 0 Å². The highest BCUT2D eigenvalue weighted by Crippen LogP contribution is 2.22. The van der Waals surface area contributed by atoms with Crippen LogP contribution < -0.4 is 5.32 Å². The molecule has 2 N–H and O–H groups in total. The molecule has 1 aromatic carbocycles. The number of cyclic esters (lactones) is 1. The van der Waals surface area contributed by atoms with Crippen LogP contribution in [-0.4, -0.2) is 23.3 Å². The van der Waals surface area contributed by atoms with Gasteiger partial charge in [0.05, 0.1) is 11.3 Å². The maximum absolute atomic E-state index is 11.3. The fourth-order valence-electron chi connectivity index (χ4n) is 1.24. The molecule has 1 atom stereocenters. The maximum Gasteiger partial charge on any atom is 0.366 e. The summed E-state index contributed by atoms with van der Waals surface area (Å²) < 4.78 is 4.62. The monoisotopic (exact) mass is 193 g/mol. The molecule has 0 saturated carbocycles. The zero-order valence-electron chi connectivity index (χ0n) is 7.06. The highest BCUT2D eigenvalue weighted by Gasteiger charge is 2.29. The third kappa shape index (κ3) is 1.28. The Bertz CT molecular complexity index is 402. The quantitative estimate of drug-likeness (QED) is 0.641. The molecule has 0 spiro atoms. The van der Waals surface area contributed by atoms with E-state index in [1.807, 2.05) is 0 Å². The Morgan fingerprint density at radius 3 is 2.86 bits per heavy atom. The Morgan fingerprint density at radius 1 is 1.43 bits per heavy atom. The smallest absolute Gasteiger partial charge is 0.366 e. The Labute approximate surface area is 79.3 Å². The Kier molecular flexibility index (Phi) is 1.85. The normalized spacial score (nSPS) is 19.1. The van der Waals surface area contributed by atoms with Crippen LogP contribution in [0.15, 0.2) is 24.3 Å². The van der Waals surface area contributed by atoms with Gasteiger partial charge in [0, 0.05) is 0 Å². The number of aliphatic carboxylic acids is 1. The Balaban J connectivity index is 2.38. The minimum absolute atomic E-state index is 0.352. The van der Waals surface area contributed by atoms with E-state index >= 15 is 0 Å². The van der Waals surface area contributed by atoms with Crippen LogP contribution in [0.4, 0.5) is 5.69 Å². The summed E-state index contributed by atoms with van der Waals surface area (Å²) in [7, 11) is 0. The fraction of sp³-hybridized carbons (Fsp3) is 0.111. The number of anilines is 1. The third-order valence-electron chi connectivity index (χ3n) is 1.88. The van der Waals surface area contributed by atoms with Crippen molar-refractivity contribution in [2.45, 2.75) is 6.23 Å². The van der Waals surface area contributed by atoms with Crippen LogP contribution in [-0.2, 0) is 9.53 Å². The summed E-state index contributed by atoms with van der Waals surface area (Å²) in [5, 5.41) is 11.2. The molecule has 1 aliphatic heterocycles. The van der Waals surface area contributed by atoms with Gasteiger partial charge in [-0.2, -0.15) is 0 Å². The van der Waals surface area contributed by atoms with Crippen molar-refractivity contribution in [3.05, 3.63) is 29.8 Å². The van der Waals surface area contributed by atoms with E-state index in [2.05, 4.69) is 10.1 Å². The first-order valence-electron chi connectivity index (χ1n) is 3.98. The van der Waals surface area contributed by atoms with Crippen LogP contribution in [0.25, 0.3) is 0 Å². The molecule has 2 rings (SSSR count). The number of fused-ring (bicyclic) bond motifs is 1. The second-order valence-electron chi connectivity index (χ2n) is 2.81. The lowest BCUT2D eigenvalue weighted by Gasteiger charge is -2.23. The average molecular weight is 193 g/mol. The molecule has 0 fully saturated rings. The number of carbonyl (C=O) groups excluding carboxylic acids is 1. The van der Waals surface area contributed by atoms with E-state index in [1.54, 1.807) is 24.3 Å². The molecule has 0 radical (unpaired) electrons. The summed E-state index contributed by atoms with van der Waals surface area (Å²) in [6.07, 6.45) is -1.29. The molecule has 0 aliphatic carbocycles. The number of esters is 1. The molecule has 0 aromatic heterocycles. The number of carboxylic acids is 1. The zero-order valence-corrected chi connectivity index (χ0v) is 7.06. The molecular formula is C9H7NO4. The molecule has 1 heterocycles.